The average molecular weight is 454 g/mol. The minimum atomic E-state index is -0.645. The number of rotatable bonds is 4. The van der Waals surface area contributed by atoms with E-state index in [1.807, 2.05) is 29.6 Å². The fraction of sp³-hybridized carbons (Fsp3) is 0.273. The maximum Gasteiger partial charge on any atom is 0.193 e. The van der Waals surface area contributed by atoms with Crippen LogP contribution in [0.25, 0.3) is 33.5 Å². The number of aliphatic hydroxyl groups excluding tert-OH is 1. The average Bonchev–Trinajstić information content (AvgIpc) is 3.55. The Morgan fingerprint density at radius 3 is 2.66 bits per heavy atom. The van der Waals surface area contributed by atoms with Gasteiger partial charge in [-0.3, -0.25) is 0 Å². The number of hydrogen-bond donors (Lipinski definition) is 3. The molecule has 0 spiro atoms. The maximum atomic E-state index is 14.8. The molecular formula is C22H19FN4O4S. The van der Waals surface area contributed by atoms with Crippen LogP contribution in [-0.2, 0) is 9.47 Å². The van der Waals surface area contributed by atoms with Gasteiger partial charge in [0.05, 0.1) is 29.9 Å². The lowest BCUT2D eigenvalue weighted by Gasteiger charge is -2.16. The maximum absolute atomic E-state index is 14.8. The highest BCUT2D eigenvalue weighted by Gasteiger charge is 2.48. The number of anilines is 1. The molecule has 0 bridgehead atoms. The second kappa shape index (κ2) is 7.52. The van der Waals surface area contributed by atoms with E-state index in [1.54, 1.807) is 6.07 Å². The zero-order chi connectivity index (χ0) is 21.8. The van der Waals surface area contributed by atoms with Gasteiger partial charge in [-0.2, -0.15) is 0 Å². The molecule has 4 aromatic rings. The van der Waals surface area contributed by atoms with Crippen LogP contribution in [0.2, 0.25) is 0 Å². The van der Waals surface area contributed by atoms with Gasteiger partial charge < -0.3 is 30.0 Å². The first-order chi connectivity index (χ1) is 15.5. The van der Waals surface area contributed by atoms with Crippen molar-refractivity contribution in [3.05, 3.63) is 47.6 Å². The summed E-state index contributed by atoms with van der Waals surface area (Å²) in [5.41, 5.74) is 9.40. The predicted octanol–water partition coefficient (Wildman–Crippen LogP) is 2.98. The van der Waals surface area contributed by atoms with Crippen molar-refractivity contribution in [1.29, 1.82) is 0 Å². The van der Waals surface area contributed by atoms with E-state index in [0.717, 1.165) is 11.3 Å². The zero-order valence-corrected chi connectivity index (χ0v) is 17.5. The van der Waals surface area contributed by atoms with Gasteiger partial charge in [0.1, 0.15) is 24.0 Å². The second-order valence-electron chi connectivity index (χ2n) is 7.85. The Hall–Kier alpha value is -3.05. The van der Waals surface area contributed by atoms with E-state index in [0.29, 0.717) is 34.2 Å². The molecule has 4 atom stereocenters. The van der Waals surface area contributed by atoms with Crippen molar-refractivity contribution >= 4 is 27.5 Å². The Labute approximate surface area is 185 Å². The summed E-state index contributed by atoms with van der Waals surface area (Å²) in [5.74, 6) is 0.00261. The highest BCUT2D eigenvalue weighted by Crippen LogP contribution is 2.32. The number of benzene rings is 1. The lowest BCUT2D eigenvalue weighted by atomic mass is 10.1. The molecule has 4 N–H and O–H groups in total. The Bertz CT molecular complexity index is 1290. The third-order valence-electron chi connectivity index (χ3n) is 5.77. The monoisotopic (exact) mass is 454 g/mol. The van der Waals surface area contributed by atoms with E-state index < -0.39 is 11.9 Å². The molecule has 164 valence electrons. The van der Waals surface area contributed by atoms with Crippen molar-refractivity contribution in [1.82, 2.24) is 15.0 Å². The quantitative estimate of drug-likeness (QED) is 0.434. The van der Waals surface area contributed by atoms with Gasteiger partial charge in [0, 0.05) is 28.6 Å². The summed E-state index contributed by atoms with van der Waals surface area (Å²) in [5, 5.41) is 12.3. The van der Waals surface area contributed by atoms with Gasteiger partial charge in [-0.15, -0.1) is 11.3 Å². The molecular weight excluding hydrogens is 435 g/mol. The summed E-state index contributed by atoms with van der Waals surface area (Å²) in [6.07, 6.45) is -1.71. The van der Waals surface area contributed by atoms with Crippen LogP contribution in [0.1, 0.15) is 0 Å². The van der Waals surface area contributed by atoms with Crippen molar-refractivity contribution < 1.29 is 23.7 Å². The third-order valence-corrected chi connectivity index (χ3v) is 6.44. The largest absolute Gasteiger partial charge is 0.470 e. The van der Waals surface area contributed by atoms with Crippen LogP contribution in [0, 0.1) is 5.82 Å². The third kappa shape index (κ3) is 3.32. The SMILES string of the molecule is Nc1nc(-c2ccc(-c3nc4cc(O[C@@H]5CO[C@H]6[C@@H]5OC[C@H]6O)[nH]c4cc3F)cc2)cs1. The molecule has 6 rings (SSSR count). The molecule has 8 nitrogen and oxygen atoms in total. The fourth-order valence-corrected chi connectivity index (χ4v) is 4.77. The number of nitrogen functional groups attached to an aromatic ring is 1. The van der Waals surface area contributed by atoms with Gasteiger partial charge in [0.15, 0.2) is 22.9 Å². The van der Waals surface area contributed by atoms with Crippen molar-refractivity contribution in [2.45, 2.75) is 24.4 Å². The van der Waals surface area contributed by atoms with Crippen molar-refractivity contribution in [2.75, 3.05) is 18.9 Å². The standard InChI is InChI=1S/C22H19FN4O4S/c23-12-5-13-14(6-18(25-13)31-17-8-30-20-16(28)7-29-21(17)20)26-19(12)11-3-1-10(2-4-11)15-9-32-22(24)27-15/h1-6,9,16-17,20-21,25,28H,7-8H2,(H2,24,27)/t16-,17-,20-,21-/m1/s1. The zero-order valence-electron chi connectivity index (χ0n) is 16.7. The lowest BCUT2D eigenvalue weighted by Crippen LogP contribution is -2.34. The highest BCUT2D eigenvalue weighted by atomic mass is 32.1. The van der Waals surface area contributed by atoms with Gasteiger partial charge in [-0.25, -0.2) is 14.4 Å². The van der Waals surface area contributed by atoms with Crippen LogP contribution in [0.15, 0.2) is 41.8 Å². The molecule has 2 aliphatic rings. The topological polar surface area (TPSA) is 116 Å². The first-order valence-electron chi connectivity index (χ1n) is 10.1. The molecule has 32 heavy (non-hydrogen) atoms. The van der Waals surface area contributed by atoms with Crippen LogP contribution in [0.5, 0.6) is 5.88 Å². The van der Waals surface area contributed by atoms with Crippen LogP contribution in [-0.4, -0.2) is 57.7 Å². The van der Waals surface area contributed by atoms with Gasteiger partial charge in [0.2, 0.25) is 0 Å². The number of nitrogens with one attached hydrogen (secondary N) is 1. The van der Waals surface area contributed by atoms with E-state index in [2.05, 4.69) is 15.0 Å². The Morgan fingerprint density at radius 2 is 1.88 bits per heavy atom. The molecule has 2 saturated heterocycles. The van der Waals surface area contributed by atoms with Crippen LogP contribution >= 0.6 is 11.3 Å². The molecule has 2 fully saturated rings. The number of aliphatic hydroxyl groups is 1. The normalized spacial score (nSPS) is 24.8. The van der Waals surface area contributed by atoms with Gasteiger partial charge >= 0.3 is 0 Å². The summed E-state index contributed by atoms with van der Waals surface area (Å²) in [6.45, 7) is 0.540. The van der Waals surface area contributed by atoms with E-state index in [-0.39, 0.29) is 30.6 Å². The summed E-state index contributed by atoms with van der Waals surface area (Å²) >= 11 is 1.37. The Morgan fingerprint density at radius 1 is 1.09 bits per heavy atom. The smallest absolute Gasteiger partial charge is 0.193 e. The number of nitrogens with two attached hydrogens (primary N) is 1. The first kappa shape index (κ1) is 19.6. The van der Waals surface area contributed by atoms with E-state index in [4.69, 9.17) is 19.9 Å². The van der Waals surface area contributed by atoms with Gasteiger partial charge in [-0.1, -0.05) is 24.3 Å². The van der Waals surface area contributed by atoms with Crippen LogP contribution in [0.4, 0.5) is 9.52 Å². The number of pyridine rings is 1. The molecule has 5 heterocycles. The molecule has 0 aliphatic carbocycles. The molecule has 2 aliphatic heterocycles. The Balaban J connectivity index is 1.26. The summed E-state index contributed by atoms with van der Waals surface area (Å²) < 4.78 is 32.0. The summed E-state index contributed by atoms with van der Waals surface area (Å²) in [7, 11) is 0. The number of hydrogen-bond acceptors (Lipinski definition) is 8. The fourth-order valence-electron chi connectivity index (χ4n) is 4.20. The molecule has 3 aromatic heterocycles. The van der Waals surface area contributed by atoms with Gasteiger partial charge in [0.25, 0.3) is 0 Å². The number of thiazole rings is 1. The molecule has 0 saturated carbocycles. The number of H-pyrrole nitrogens is 1. The Kier molecular flexibility index (Phi) is 4.61. The van der Waals surface area contributed by atoms with Crippen molar-refractivity contribution in [2.24, 2.45) is 0 Å². The number of aromatic nitrogens is 3. The summed E-state index contributed by atoms with van der Waals surface area (Å²) in [4.78, 5) is 11.8. The predicted molar refractivity (Wildman–Crippen MR) is 117 cm³/mol. The molecule has 0 radical (unpaired) electrons. The first-order valence-corrected chi connectivity index (χ1v) is 11.0. The number of aromatic amines is 1. The molecule has 0 unspecified atom stereocenters. The molecule has 10 heteroatoms. The number of halogens is 1. The van der Waals surface area contributed by atoms with Gasteiger partial charge in [-0.05, 0) is 0 Å². The van der Waals surface area contributed by atoms with E-state index in [9.17, 15) is 9.50 Å². The lowest BCUT2D eigenvalue weighted by molar-refractivity contribution is 0.00794. The van der Waals surface area contributed by atoms with Crippen molar-refractivity contribution in [3.8, 4) is 28.4 Å². The van der Waals surface area contributed by atoms with E-state index in [1.165, 1.54) is 17.4 Å². The van der Waals surface area contributed by atoms with E-state index >= 15 is 0 Å². The highest BCUT2D eigenvalue weighted by molar-refractivity contribution is 7.13. The van der Waals surface area contributed by atoms with Crippen LogP contribution in [0.3, 0.4) is 0 Å². The minimum Gasteiger partial charge on any atom is -0.470 e. The minimum absolute atomic E-state index is 0.229. The van der Waals surface area contributed by atoms with Crippen molar-refractivity contribution in [3.63, 3.8) is 0 Å². The summed E-state index contributed by atoms with van der Waals surface area (Å²) in [6, 6.07) is 10.5. The van der Waals surface area contributed by atoms with Crippen LogP contribution < -0.4 is 10.5 Å². The second-order valence-corrected chi connectivity index (χ2v) is 8.74. The number of nitrogens with zero attached hydrogens (tertiary/aromatic N) is 2. The molecule has 1 aromatic carbocycles. The number of fused-ring (bicyclic) bond motifs is 2. The number of ether oxygens (including phenoxy) is 3. The molecule has 0 amide bonds.